The number of hydrogen-bond donors (Lipinski definition) is 0. The SMILES string of the molecule is COc1ccc(CCN(C)CCCn2c(C)nc3cc(OC)c(OC)cc3c2=O)cc1OC.Cl. The average molecular weight is 492 g/mol. The van der Waals surface area contributed by atoms with E-state index in [2.05, 4.69) is 23.0 Å². The molecule has 0 radical (unpaired) electrons. The molecule has 9 heteroatoms. The van der Waals surface area contributed by atoms with Gasteiger partial charge in [-0.05, 0) is 57.1 Å². The molecule has 0 unspecified atom stereocenters. The molecule has 0 aliphatic heterocycles. The molecular weight excluding hydrogens is 458 g/mol. The van der Waals surface area contributed by atoms with Crippen molar-refractivity contribution in [2.24, 2.45) is 0 Å². The van der Waals surface area contributed by atoms with Gasteiger partial charge in [0.2, 0.25) is 0 Å². The maximum Gasteiger partial charge on any atom is 0.261 e. The number of benzene rings is 2. The quantitative estimate of drug-likeness (QED) is 0.404. The summed E-state index contributed by atoms with van der Waals surface area (Å²) in [7, 11) is 8.50. The lowest BCUT2D eigenvalue weighted by Gasteiger charge is -2.18. The zero-order chi connectivity index (χ0) is 24.0. The third kappa shape index (κ3) is 6.12. The number of nitrogens with zero attached hydrogens (tertiary/aromatic N) is 3. The van der Waals surface area contributed by atoms with Crippen LogP contribution in [0.15, 0.2) is 35.1 Å². The van der Waals surface area contributed by atoms with Gasteiger partial charge in [0.05, 0.1) is 39.3 Å². The summed E-state index contributed by atoms with van der Waals surface area (Å²) >= 11 is 0. The first kappa shape index (κ1) is 27.3. The summed E-state index contributed by atoms with van der Waals surface area (Å²) in [6.45, 7) is 4.22. The molecule has 0 N–H and O–H groups in total. The molecule has 0 saturated heterocycles. The molecule has 0 fully saturated rings. The first-order valence-corrected chi connectivity index (χ1v) is 10.9. The van der Waals surface area contributed by atoms with E-state index in [9.17, 15) is 4.79 Å². The fraction of sp³-hybridized carbons (Fsp3) is 0.440. The van der Waals surface area contributed by atoms with Crippen molar-refractivity contribution >= 4 is 23.3 Å². The van der Waals surface area contributed by atoms with E-state index < -0.39 is 0 Å². The van der Waals surface area contributed by atoms with Crippen LogP contribution in [0.3, 0.4) is 0 Å². The molecule has 3 rings (SSSR count). The molecular formula is C25H34ClN3O5. The number of fused-ring (bicyclic) bond motifs is 1. The van der Waals surface area contributed by atoms with Gasteiger partial charge in [-0.15, -0.1) is 12.4 Å². The Bertz CT molecular complexity index is 1170. The van der Waals surface area contributed by atoms with Crippen LogP contribution in [0.25, 0.3) is 10.9 Å². The van der Waals surface area contributed by atoms with Gasteiger partial charge >= 0.3 is 0 Å². The van der Waals surface area contributed by atoms with E-state index in [1.54, 1.807) is 45.1 Å². The van der Waals surface area contributed by atoms with Crippen LogP contribution in [0.2, 0.25) is 0 Å². The third-order valence-electron chi connectivity index (χ3n) is 5.80. The first-order valence-electron chi connectivity index (χ1n) is 10.9. The lowest BCUT2D eigenvalue weighted by atomic mass is 10.1. The Kier molecular flexibility index (Phi) is 10.0. The largest absolute Gasteiger partial charge is 0.493 e. The highest BCUT2D eigenvalue weighted by atomic mass is 35.5. The predicted molar refractivity (Wildman–Crippen MR) is 136 cm³/mol. The second-order valence-electron chi connectivity index (χ2n) is 7.94. The summed E-state index contributed by atoms with van der Waals surface area (Å²) in [5.74, 6) is 3.24. The van der Waals surface area contributed by atoms with Gasteiger partial charge in [0, 0.05) is 19.2 Å². The van der Waals surface area contributed by atoms with Crippen LogP contribution in [0.5, 0.6) is 23.0 Å². The Balaban J connectivity index is 0.00000408. The number of halogens is 1. The number of hydrogen-bond acceptors (Lipinski definition) is 7. The minimum Gasteiger partial charge on any atom is -0.493 e. The molecule has 2 aromatic carbocycles. The van der Waals surface area contributed by atoms with Crippen LogP contribution >= 0.6 is 12.4 Å². The van der Waals surface area contributed by atoms with Gasteiger partial charge in [0.15, 0.2) is 23.0 Å². The van der Waals surface area contributed by atoms with Gasteiger partial charge in [0.25, 0.3) is 5.56 Å². The normalized spacial score (nSPS) is 10.8. The topological polar surface area (TPSA) is 75.0 Å². The lowest BCUT2D eigenvalue weighted by Crippen LogP contribution is -2.28. The Hall–Kier alpha value is -2.97. The third-order valence-corrected chi connectivity index (χ3v) is 5.80. The van der Waals surface area contributed by atoms with Crippen molar-refractivity contribution in [3.05, 3.63) is 52.1 Å². The number of aromatic nitrogens is 2. The first-order chi connectivity index (χ1) is 15.9. The van der Waals surface area contributed by atoms with Crippen molar-refractivity contribution in [3.8, 4) is 23.0 Å². The summed E-state index contributed by atoms with van der Waals surface area (Å²) in [5.41, 5.74) is 1.74. The molecule has 186 valence electrons. The highest BCUT2D eigenvalue weighted by molar-refractivity contribution is 5.85. The second kappa shape index (κ2) is 12.5. The molecule has 0 aliphatic carbocycles. The second-order valence-corrected chi connectivity index (χ2v) is 7.94. The maximum atomic E-state index is 13.1. The van der Waals surface area contributed by atoms with Crippen LogP contribution in [0.4, 0.5) is 0 Å². The van der Waals surface area contributed by atoms with E-state index in [0.29, 0.717) is 34.8 Å². The van der Waals surface area contributed by atoms with Crippen LogP contribution in [-0.4, -0.2) is 63.0 Å². The highest BCUT2D eigenvalue weighted by Gasteiger charge is 2.13. The monoisotopic (exact) mass is 491 g/mol. The van der Waals surface area contributed by atoms with Gasteiger partial charge in [-0.1, -0.05) is 6.07 Å². The summed E-state index contributed by atoms with van der Waals surface area (Å²) in [6, 6.07) is 9.45. The average Bonchev–Trinajstić information content (AvgIpc) is 2.83. The number of ether oxygens (including phenoxy) is 4. The Labute approximate surface area is 206 Å². The lowest BCUT2D eigenvalue weighted by molar-refractivity contribution is 0.323. The molecule has 0 atom stereocenters. The van der Waals surface area contributed by atoms with Crippen molar-refractivity contribution in [2.45, 2.75) is 26.3 Å². The highest BCUT2D eigenvalue weighted by Crippen LogP contribution is 2.30. The van der Waals surface area contributed by atoms with E-state index in [-0.39, 0.29) is 18.0 Å². The summed E-state index contributed by atoms with van der Waals surface area (Å²) in [6.07, 6.45) is 1.73. The molecule has 0 bridgehead atoms. The number of rotatable bonds is 11. The molecule has 34 heavy (non-hydrogen) atoms. The molecule has 3 aromatic rings. The Morgan fingerprint density at radius 3 is 2.15 bits per heavy atom. The van der Waals surface area contributed by atoms with Crippen molar-refractivity contribution in [1.82, 2.24) is 14.5 Å². The molecule has 0 amide bonds. The Morgan fingerprint density at radius 1 is 0.882 bits per heavy atom. The van der Waals surface area contributed by atoms with E-state index >= 15 is 0 Å². The van der Waals surface area contributed by atoms with Crippen molar-refractivity contribution in [1.29, 1.82) is 0 Å². The van der Waals surface area contributed by atoms with E-state index in [0.717, 1.165) is 37.4 Å². The van der Waals surface area contributed by atoms with E-state index in [1.165, 1.54) is 5.56 Å². The summed E-state index contributed by atoms with van der Waals surface area (Å²) < 4.78 is 23.1. The number of aryl methyl sites for hydroxylation is 1. The van der Waals surface area contributed by atoms with Crippen molar-refractivity contribution in [2.75, 3.05) is 48.6 Å². The molecule has 0 spiro atoms. The fourth-order valence-electron chi connectivity index (χ4n) is 3.89. The number of likely N-dealkylation sites (N-methyl/N-ethyl adjacent to an activating group) is 1. The molecule has 0 saturated carbocycles. The zero-order valence-corrected chi connectivity index (χ0v) is 21.5. The van der Waals surface area contributed by atoms with Crippen LogP contribution in [-0.2, 0) is 13.0 Å². The van der Waals surface area contributed by atoms with E-state index in [1.807, 2.05) is 19.1 Å². The van der Waals surface area contributed by atoms with Gasteiger partial charge in [0.1, 0.15) is 5.82 Å². The van der Waals surface area contributed by atoms with Gasteiger partial charge < -0.3 is 23.8 Å². The molecule has 0 aliphatic rings. The fourth-order valence-corrected chi connectivity index (χ4v) is 3.89. The Morgan fingerprint density at radius 2 is 1.50 bits per heavy atom. The number of methoxy groups -OCH3 is 4. The predicted octanol–water partition coefficient (Wildman–Crippen LogP) is 3.73. The van der Waals surface area contributed by atoms with Crippen LogP contribution in [0.1, 0.15) is 17.8 Å². The smallest absolute Gasteiger partial charge is 0.261 e. The minimum absolute atomic E-state index is 0. The summed E-state index contributed by atoms with van der Waals surface area (Å²) in [4.78, 5) is 20.0. The van der Waals surface area contributed by atoms with E-state index in [4.69, 9.17) is 18.9 Å². The molecule has 1 heterocycles. The minimum atomic E-state index is -0.0635. The van der Waals surface area contributed by atoms with Crippen molar-refractivity contribution < 1.29 is 18.9 Å². The molecule has 8 nitrogen and oxygen atoms in total. The van der Waals surface area contributed by atoms with Crippen LogP contribution < -0.4 is 24.5 Å². The molecule has 1 aromatic heterocycles. The maximum absolute atomic E-state index is 13.1. The van der Waals surface area contributed by atoms with Crippen LogP contribution in [0, 0.1) is 6.92 Å². The van der Waals surface area contributed by atoms with Gasteiger partial charge in [-0.3, -0.25) is 9.36 Å². The summed E-state index contributed by atoms with van der Waals surface area (Å²) in [5, 5.41) is 0.528. The zero-order valence-electron chi connectivity index (χ0n) is 20.7. The van der Waals surface area contributed by atoms with Crippen molar-refractivity contribution in [3.63, 3.8) is 0 Å². The van der Waals surface area contributed by atoms with Gasteiger partial charge in [-0.25, -0.2) is 4.98 Å². The standard InChI is InChI=1S/C25H33N3O5.ClH/c1-17-26-20-16-24(33-6)23(32-5)15-19(20)25(29)28(17)12-7-11-27(2)13-10-18-8-9-21(30-3)22(14-18)31-4;/h8-9,14-16H,7,10-13H2,1-6H3;1H. The van der Waals surface area contributed by atoms with Gasteiger partial charge in [-0.2, -0.15) is 0 Å².